The molecule has 0 spiro atoms. The van der Waals surface area contributed by atoms with Crippen LogP contribution in [-0.4, -0.2) is 43.3 Å². The Hall–Kier alpha value is -6.61. The summed E-state index contributed by atoms with van der Waals surface area (Å²) >= 11 is 2.37. The molecule has 2 aliphatic rings. The van der Waals surface area contributed by atoms with Gasteiger partial charge in [-0.3, -0.25) is 0 Å². The van der Waals surface area contributed by atoms with Gasteiger partial charge in [0, 0.05) is 12.1 Å². The number of carbonyl (C=O) groups is 2. The number of aromatic nitrogens is 4. The van der Waals surface area contributed by atoms with Crippen molar-refractivity contribution in [3.05, 3.63) is 166 Å². The third-order valence-corrected chi connectivity index (χ3v) is 13.4. The van der Waals surface area contributed by atoms with E-state index < -0.39 is 23.6 Å². The lowest BCUT2D eigenvalue weighted by Crippen LogP contribution is -2.11. The Morgan fingerprint density at radius 2 is 1.12 bits per heavy atom. The van der Waals surface area contributed by atoms with E-state index in [1.807, 2.05) is 69.8 Å². The van der Waals surface area contributed by atoms with E-state index in [-0.39, 0.29) is 29.4 Å². The third-order valence-electron chi connectivity index (χ3n) is 11.4. The first-order chi connectivity index (χ1) is 31.7. The molecule has 0 saturated heterocycles. The number of esters is 1. The lowest BCUT2D eigenvalue weighted by Gasteiger charge is -2.21. The van der Waals surface area contributed by atoms with Gasteiger partial charge < -0.3 is 28.5 Å². The molecule has 10 rings (SSSR count). The van der Waals surface area contributed by atoms with Gasteiger partial charge in [-0.15, -0.1) is 35.1 Å². The van der Waals surface area contributed by atoms with Gasteiger partial charge in [0.15, 0.2) is 0 Å². The molecular formula is C51H45ClF2N4O6S2. The second-order valence-electron chi connectivity index (χ2n) is 15.7. The molecule has 338 valence electrons. The molecule has 2 atom stereocenters. The molecule has 66 heavy (non-hydrogen) atoms. The number of fused-ring (bicyclic) bond motifs is 2. The Bertz CT molecular complexity index is 3050. The molecule has 0 aliphatic heterocycles. The fourth-order valence-electron chi connectivity index (χ4n) is 8.17. The molecule has 15 heteroatoms. The van der Waals surface area contributed by atoms with E-state index in [9.17, 15) is 14.7 Å². The average Bonchev–Trinajstić information content (AvgIpc) is 4.12. The maximum absolute atomic E-state index is 15.3. The highest BCUT2D eigenvalue weighted by Gasteiger charge is 2.27. The number of imidazole rings is 2. The van der Waals surface area contributed by atoms with Crippen molar-refractivity contribution in [1.82, 2.24) is 19.1 Å². The molecule has 4 aromatic heterocycles. The highest BCUT2D eigenvalue weighted by Crippen LogP contribution is 2.40. The van der Waals surface area contributed by atoms with Crippen molar-refractivity contribution >= 4 is 67.7 Å². The number of benzene rings is 4. The number of methoxy groups -OCH3 is 1. The molecule has 4 aromatic carbocycles. The number of rotatable bonds is 12. The van der Waals surface area contributed by atoms with Gasteiger partial charge in [-0.05, 0) is 86.1 Å². The smallest absolute Gasteiger partial charge is 0.348 e. The van der Waals surface area contributed by atoms with Gasteiger partial charge in [-0.2, -0.15) is 0 Å². The Morgan fingerprint density at radius 1 is 0.667 bits per heavy atom. The predicted molar refractivity (Wildman–Crippen MR) is 257 cm³/mol. The maximum Gasteiger partial charge on any atom is 0.348 e. The van der Waals surface area contributed by atoms with Gasteiger partial charge in [0.1, 0.15) is 67.4 Å². The largest absolute Gasteiger partial charge is 0.489 e. The number of hydrogen-bond acceptors (Lipinski definition) is 9. The van der Waals surface area contributed by atoms with Crippen LogP contribution in [0.25, 0.3) is 43.5 Å². The summed E-state index contributed by atoms with van der Waals surface area (Å²) in [5, 5.41) is 9.38. The number of nitrogens with zero attached hydrogens (tertiary/aromatic N) is 4. The number of carbonyl (C=O) groups excluding carboxylic acids is 1. The van der Waals surface area contributed by atoms with Crippen molar-refractivity contribution in [2.75, 3.05) is 7.11 Å². The van der Waals surface area contributed by atoms with E-state index in [0.29, 0.717) is 62.0 Å². The highest BCUT2D eigenvalue weighted by atomic mass is 35.5. The zero-order valence-corrected chi connectivity index (χ0v) is 38.2. The molecule has 0 fully saturated rings. The monoisotopic (exact) mass is 946 g/mol. The minimum Gasteiger partial charge on any atom is -0.489 e. The number of hydrogen-bond donors (Lipinski definition) is 1. The summed E-state index contributed by atoms with van der Waals surface area (Å²) in [5.41, 5.74) is 4.34. The number of aromatic carboxylic acids is 1. The van der Waals surface area contributed by atoms with Crippen LogP contribution in [0.5, 0.6) is 11.5 Å². The van der Waals surface area contributed by atoms with Gasteiger partial charge >= 0.3 is 11.9 Å². The van der Waals surface area contributed by atoms with Crippen LogP contribution in [0.2, 0.25) is 0 Å². The Balaban J connectivity index is 0.000000177. The van der Waals surface area contributed by atoms with Gasteiger partial charge in [0.05, 0.1) is 41.4 Å². The standard InChI is InChI=1S/C26H23FN2O3S.C25H21FN2O3S.ClH/c1-31-26(30)23-15-22-25(33-23)28-24(29(22)18-10-6-3-7-11-18)20-13-12-19(14-21(20)27)32-16-17-8-4-2-5-9-17;26-20-13-18(31-15-16-7-3-1-4-8-16)11-12-19(20)23-27-24-21(14-22(32-24)25(29)30)28(23)17-9-5-2-6-10-17;/h2,4-6,8-10,12-15,18H,3,7,11,16H2,1H3;1,3-5,7-9,11-14,17H,2,6,10,15H2,(H,29,30);1H. The van der Waals surface area contributed by atoms with Gasteiger partial charge in [0.25, 0.3) is 0 Å². The lowest BCUT2D eigenvalue weighted by atomic mass is 10.0. The predicted octanol–water partition coefficient (Wildman–Crippen LogP) is 13.4. The molecule has 0 bridgehead atoms. The highest BCUT2D eigenvalue weighted by molar-refractivity contribution is 7.20. The summed E-state index contributed by atoms with van der Waals surface area (Å²) in [7, 11) is 1.36. The number of allylic oxidation sites excluding steroid dienone is 4. The van der Waals surface area contributed by atoms with E-state index in [2.05, 4.69) is 29.3 Å². The normalized spacial score (nSPS) is 15.5. The minimum absolute atomic E-state index is 0. The topological polar surface area (TPSA) is 118 Å². The Labute approximate surface area is 393 Å². The first-order valence-corrected chi connectivity index (χ1v) is 23.0. The molecule has 0 radical (unpaired) electrons. The Morgan fingerprint density at radius 3 is 1.53 bits per heavy atom. The van der Waals surface area contributed by atoms with Gasteiger partial charge in [-0.25, -0.2) is 28.3 Å². The summed E-state index contributed by atoms with van der Waals surface area (Å²) in [6.45, 7) is 0.724. The molecule has 0 amide bonds. The summed E-state index contributed by atoms with van der Waals surface area (Å²) in [6, 6.07) is 32.7. The van der Waals surface area contributed by atoms with Crippen molar-refractivity contribution in [3.63, 3.8) is 0 Å². The van der Waals surface area contributed by atoms with E-state index in [0.717, 1.165) is 72.0 Å². The summed E-state index contributed by atoms with van der Waals surface area (Å²) < 4.78 is 50.9. The van der Waals surface area contributed by atoms with E-state index >= 15 is 8.78 Å². The fraction of sp³-hybridized carbons (Fsp3) is 0.216. The van der Waals surface area contributed by atoms with Crippen molar-refractivity contribution in [3.8, 4) is 34.3 Å². The van der Waals surface area contributed by atoms with Crippen LogP contribution in [-0.2, 0) is 18.0 Å². The molecule has 8 aromatic rings. The molecular weight excluding hydrogens is 902 g/mol. The van der Waals surface area contributed by atoms with Crippen LogP contribution < -0.4 is 9.47 Å². The van der Waals surface area contributed by atoms with E-state index in [1.165, 1.54) is 30.6 Å². The van der Waals surface area contributed by atoms with Crippen molar-refractivity contribution in [2.45, 2.75) is 63.8 Å². The zero-order chi connectivity index (χ0) is 44.9. The number of carboxylic acid groups (broad SMARTS) is 1. The van der Waals surface area contributed by atoms with Crippen LogP contribution in [0.3, 0.4) is 0 Å². The number of ether oxygens (including phenoxy) is 3. The van der Waals surface area contributed by atoms with Crippen molar-refractivity contribution in [2.24, 2.45) is 0 Å². The first kappa shape index (κ1) is 45.9. The maximum atomic E-state index is 15.3. The summed E-state index contributed by atoms with van der Waals surface area (Å²) in [5.74, 6) is -0.225. The molecule has 10 nitrogen and oxygen atoms in total. The second kappa shape index (κ2) is 20.7. The van der Waals surface area contributed by atoms with Crippen LogP contribution in [0.15, 0.2) is 133 Å². The van der Waals surface area contributed by atoms with Crippen LogP contribution in [0, 0.1) is 11.6 Å². The van der Waals surface area contributed by atoms with Crippen LogP contribution in [0.4, 0.5) is 8.78 Å². The molecule has 4 heterocycles. The van der Waals surface area contributed by atoms with Crippen LogP contribution >= 0.6 is 35.1 Å². The van der Waals surface area contributed by atoms with Gasteiger partial charge in [-0.1, -0.05) is 85.0 Å². The average molecular weight is 948 g/mol. The summed E-state index contributed by atoms with van der Waals surface area (Å²) in [6.07, 6.45) is 14.4. The van der Waals surface area contributed by atoms with E-state index in [1.54, 1.807) is 36.4 Å². The zero-order valence-electron chi connectivity index (χ0n) is 35.8. The molecule has 0 saturated carbocycles. The second-order valence-corrected chi connectivity index (χ2v) is 17.8. The molecule has 2 unspecified atom stereocenters. The number of halogens is 3. The number of thiophene rings is 2. The molecule has 2 aliphatic carbocycles. The van der Waals surface area contributed by atoms with Crippen molar-refractivity contribution in [1.29, 1.82) is 0 Å². The quantitative estimate of drug-likeness (QED) is 0.0950. The van der Waals surface area contributed by atoms with E-state index in [4.69, 9.17) is 19.2 Å². The Kier molecular flexibility index (Phi) is 14.4. The van der Waals surface area contributed by atoms with Crippen molar-refractivity contribution < 1.29 is 37.7 Å². The SMILES string of the molecule is COC(=O)c1cc2c(nc(-c3ccc(OCc4ccccc4)cc3F)n2C2C=CCCC2)s1.Cl.O=C(O)c1cc2c(nc(-c3ccc(OCc4ccccc4)cc3F)n2C2C=CCCC2)s1. The first-order valence-electron chi connectivity index (χ1n) is 21.4. The summed E-state index contributed by atoms with van der Waals surface area (Å²) in [4.78, 5) is 34.9. The third kappa shape index (κ3) is 9.96. The fourth-order valence-corrected chi connectivity index (χ4v) is 9.97. The minimum atomic E-state index is -0.980. The number of carboxylic acids is 1. The van der Waals surface area contributed by atoms with Gasteiger partial charge in [0.2, 0.25) is 0 Å². The molecule has 1 N–H and O–H groups in total. The lowest BCUT2D eigenvalue weighted by molar-refractivity contribution is 0.0605. The van der Waals surface area contributed by atoms with Crippen LogP contribution in [0.1, 0.15) is 81.1 Å².